The summed E-state index contributed by atoms with van der Waals surface area (Å²) in [5.41, 5.74) is 0. The Kier molecular flexibility index (Phi) is 13.6. The average molecular weight is 282 g/mol. The Bertz CT molecular complexity index is 330. The van der Waals surface area contributed by atoms with Crippen molar-refractivity contribution in [1.29, 1.82) is 0 Å². The zero-order valence-corrected chi connectivity index (χ0v) is 11.8. The summed E-state index contributed by atoms with van der Waals surface area (Å²) in [4.78, 5) is 0. The first-order chi connectivity index (χ1) is 6.12. The van der Waals surface area contributed by atoms with Gasteiger partial charge in [-0.15, -0.1) is 13.2 Å². The van der Waals surface area contributed by atoms with Crippen LogP contribution in [0.3, 0.4) is 0 Å². The second-order valence-corrected chi connectivity index (χ2v) is 4.92. The Morgan fingerprint density at radius 3 is 1.07 bits per heavy atom. The van der Waals surface area contributed by atoms with Gasteiger partial charge in [-0.3, -0.25) is 0 Å². The van der Waals surface area contributed by atoms with Crippen LogP contribution in [0.15, 0.2) is 25.3 Å². The van der Waals surface area contributed by atoms with E-state index in [1.54, 1.807) is 0 Å². The molecule has 0 aromatic heterocycles. The molecule has 9 heteroatoms. The van der Waals surface area contributed by atoms with Crippen molar-refractivity contribution >= 4 is 58.0 Å². The molecule has 0 radical (unpaired) electrons. The summed E-state index contributed by atoms with van der Waals surface area (Å²) in [6, 6.07) is 0. The van der Waals surface area contributed by atoms with Gasteiger partial charge in [0.1, 0.15) is 0 Å². The summed E-state index contributed by atoms with van der Waals surface area (Å²) in [5, 5.41) is 0. The van der Waals surface area contributed by atoms with E-state index in [9.17, 15) is 25.9 Å². The first kappa shape index (κ1) is 20.9. The van der Waals surface area contributed by atoms with Crippen molar-refractivity contribution < 1.29 is 25.9 Å². The van der Waals surface area contributed by atoms with Crippen molar-refractivity contribution in [1.82, 2.24) is 0 Å². The van der Waals surface area contributed by atoms with Crippen LogP contribution in [-0.2, 0) is 20.2 Å². The molecule has 15 heavy (non-hydrogen) atoms. The summed E-state index contributed by atoms with van der Waals surface area (Å²) in [5.74, 6) is -0.958. The molecule has 0 N–H and O–H groups in total. The molecular formula is C6H10CaO6S2. The van der Waals surface area contributed by atoms with E-state index in [0.717, 1.165) is 12.2 Å². The summed E-state index contributed by atoms with van der Waals surface area (Å²) in [6.07, 6.45) is 2.12. The minimum atomic E-state index is -4.04. The van der Waals surface area contributed by atoms with Crippen molar-refractivity contribution in [2.45, 2.75) is 0 Å². The van der Waals surface area contributed by atoms with Crippen LogP contribution < -0.4 is 0 Å². The van der Waals surface area contributed by atoms with Crippen molar-refractivity contribution in [3.63, 3.8) is 0 Å². The molecule has 0 amide bonds. The molecule has 0 aliphatic heterocycles. The van der Waals surface area contributed by atoms with Gasteiger partial charge < -0.3 is 9.11 Å². The van der Waals surface area contributed by atoms with E-state index in [2.05, 4.69) is 13.2 Å². The molecule has 0 rings (SSSR count). The summed E-state index contributed by atoms with van der Waals surface area (Å²) >= 11 is 0. The molecule has 0 aromatic carbocycles. The Morgan fingerprint density at radius 1 is 0.867 bits per heavy atom. The van der Waals surface area contributed by atoms with E-state index in [4.69, 9.17) is 0 Å². The molecular weight excluding hydrogens is 272 g/mol. The summed E-state index contributed by atoms with van der Waals surface area (Å²) in [6.45, 7) is 6.13. The second kappa shape index (κ2) is 9.76. The molecule has 0 aromatic rings. The Balaban J connectivity index is -0.000000180. The third-order valence-corrected chi connectivity index (χ3v) is 1.93. The van der Waals surface area contributed by atoms with E-state index in [1.165, 1.54) is 0 Å². The molecule has 0 bridgehead atoms. The Hall–Kier alpha value is 0.560. The fourth-order valence-corrected chi connectivity index (χ4v) is 0.866. The zero-order valence-electron chi connectivity index (χ0n) is 7.96. The van der Waals surface area contributed by atoms with Gasteiger partial charge >= 0.3 is 37.7 Å². The average Bonchev–Trinajstić information content (AvgIpc) is 1.81. The quantitative estimate of drug-likeness (QED) is 0.373. The molecule has 0 fully saturated rings. The van der Waals surface area contributed by atoms with Crippen LogP contribution >= 0.6 is 0 Å². The van der Waals surface area contributed by atoms with Crippen LogP contribution in [0.5, 0.6) is 0 Å². The predicted molar refractivity (Wildman–Crippen MR) is 55.3 cm³/mol. The molecule has 0 spiro atoms. The third kappa shape index (κ3) is 31.3. The second-order valence-electron chi connectivity index (χ2n) is 2.03. The van der Waals surface area contributed by atoms with Gasteiger partial charge in [-0.1, -0.05) is 12.2 Å². The van der Waals surface area contributed by atoms with Crippen molar-refractivity contribution in [3.05, 3.63) is 25.3 Å². The molecule has 0 aliphatic rings. The maximum absolute atomic E-state index is 9.60. The van der Waals surface area contributed by atoms with Crippen molar-refractivity contribution in [3.8, 4) is 0 Å². The molecule has 0 saturated carbocycles. The van der Waals surface area contributed by atoms with E-state index in [1.807, 2.05) is 0 Å². The van der Waals surface area contributed by atoms with Gasteiger partial charge in [-0.2, -0.15) is 0 Å². The molecule has 0 saturated heterocycles. The van der Waals surface area contributed by atoms with Gasteiger partial charge in [0.15, 0.2) is 0 Å². The number of hydrogen-bond acceptors (Lipinski definition) is 6. The van der Waals surface area contributed by atoms with Gasteiger partial charge in [0.2, 0.25) is 0 Å². The molecule has 0 unspecified atom stereocenters. The first-order valence-electron chi connectivity index (χ1n) is 3.21. The zero-order chi connectivity index (χ0) is 11.8. The summed E-state index contributed by atoms with van der Waals surface area (Å²) in [7, 11) is -8.08. The largest absolute Gasteiger partial charge is 2.00 e. The minimum Gasteiger partial charge on any atom is -0.748 e. The summed E-state index contributed by atoms with van der Waals surface area (Å²) < 4.78 is 57.6. The molecule has 0 atom stereocenters. The van der Waals surface area contributed by atoms with Crippen LogP contribution in [-0.4, -0.2) is 75.2 Å². The molecule has 0 heterocycles. The van der Waals surface area contributed by atoms with Crippen LogP contribution in [0.4, 0.5) is 0 Å². The maximum Gasteiger partial charge on any atom is 2.00 e. The smallest absolute Gasteiger partial charge is 0.748 e. The normalized spacial score (nSPS) is 10.3. The molecule has 84 valence electrons. The fourth-order valence-electron chi connectivity index (χ4n) is 0.289. The van der Waals surface area contributed by atoms with E-state index < -0.39 is 31.7 Å². The molecule has 6 nitrogen and oxygen atoms in total. The van der Waals surface area contributed by atoms with Crippen LogP contribution in [0.1, 0.15) is 0 Å². The third-order valence-electron chi connectivity index (χ3n) is 0.644. The Labute approximate surface area is 120 Å². The van der Waals surface area contributed by atoms with Gasteiger partial charge in [0, 0.05) is 0 Å². The predicted octanol–water partition coefficient (Wildman–Crippen LogP) is -0.946. The SMILES string of the molecule is C=CCS(=O)(=O)[O-].C=CCS(=O)(=O)[O-].[Ca+2]. The standard InChI is InChI=1S/2C3H6O3S.Ca/c2*1-2-3-7(4,5)6;/h2*2H,1,3H2,(H,4,5,6);/q;;+2/p-2. The van der Waals surface area contributed by atoms with Crippen LogP contribution in [0.2, 0.25) is 0 Å². The first-order valence-corrected chi connectivity index (χ1v) is 6.37. The fraction of sp³-hybridized carbons (Fsp3) is 0.333. The van der Waals surface area contributed by atoms with Crippen molar-refractivity contribution in [2.24, 2.45) is 0 Å². The molecule has 0 aliphatic carbocycles. The van der Waals surface area contributed by atoms with E-state index >= 15 is 0 Å². The topological polar surface area (TPSA) is 114 Å². The van der Waals surface area contributed by atoms with Gasteiger partial charge in [-0.05, 0) is 0 Å². The number of rotatable bonds is 4. The Morgan fingerprint density at radius 2 is 1.07 bits per heavy atom. The maximum atomic E-state index is 9.60. The van der Waals surface area contributed by atoms with Crippen LogP contribution in [0, 0.1) is 0 Å². The van der Waals surface area contributed by atoms with Crippen LogP contribution in [0.25, 0.3) is 0 Å². The van der Waals surface area contributed by atoms with E-state index in [0.29, 0.717) is 0 Å². The van der Waals surface area contributed by atoms with Crippen molar-refractivity contribution in [2.75, 3.05) is 11.5 Å². The van der Waals surface area contributed by atoms with Gasteiger partial charge in [-0.25, -0.2) is 16.8 Å². The number of hydrogen-bond donors (Lipinski definition) is 0. The van der Waals surface area contributed by atoms with Gasteiger partial charge in [0.25, 0.3) is 0 Å². The van der Waals surface area contributed by atoms with Gasteiger partial charge in [0.05, 0.1) is 31.7 Å². The minimum absolute atomic E-state index is 0. The van der Waals surface area contributed by atoms with E-state index in [-0.39, 0.29) is 37.7 Å². The monoisotopic (exact) mass is 282 g/mol.